The minimum absolute atomic E-state index is 0.0645. The molecule has 0 saturated heterocycles. The zero-order chi connectivity index (χ0) is 19.9. The van der Waals surface area contributed by atoms with Crippen molar-refractivity contribution in [2.24, 2.45) is 5.10 Å². The van der Waals surface area contributed by atoms with E-state index in [0.717, 1.165) is 0 Å². The van der Waals surface area contributed by atoms with Crippen LogP contribution in [0.15, 0.2) is 70.2 Å². The molecule has 0 aliphatic heterocycles. The minimum Gasteiger partial charge on any atom is -0.482 e. The Kier molecular flexibility index (Phi) is 6.03. The number of amides is 1. The Morgan fingerprint density at radius 2 is 1.93 bits per heavy atom. The van der Waals surface area contributed by atoms with E-state index in [9.17, 15) is 14.9 Å². The van der Waals surface area contributed by atoms with Gasteiger partial charge in [-0.05, 0) is 30.3 Å². The highest BCUT2D eigenvalue weighted by atomic mass is 35.5. The largest absolute Gasteiger partial charge is 0.482 e. The first kappa shape index (κ1) is 19.1. The van der Waals surface area contributed by atoms with Crippen LogP contribution in [0.25, 0.3) is 11.3 Å². The summed E-state index contributed by atoms with van der Waals surface area (Å²) >= 11 is 5.93. The van der Waals surface area contributed by atoms with Gasteiger partial charge in [0.25, 0.3) is 11.6 Å². The van der Waals surface area contributed by atoms with Crippen LogP contribution in [0.5, 0.6) is 5.75 Å². The second kappa shape index (κ2) is 8.83. The normalized spacial score (nSPS) is 10.8. The third-order valence-electron chi connectivity index (χ3n) is 3.57. The first-order valence-corrected chi connectivity index (χ1v) is 8.45. The van der Waals surface area contributed by atoms with Crippen LogP contribution in [-0.4, -0.2) is 23.7 Å². The van der Waals surface area contributed by atoms with Crippen molar-refractivity contribution in [1.82, 2.24) is 5.43 Å². The van der Waals surface area contributed by atoms with E-state index >= 15 is 0 Å². The highest BCUT2D eigenvalue weighted by Gasteiger charge is 2.16. The summed E-state index contributed by atoms with van der Waals surface area (Å²) < 4.78 is 10.8. The molecule has 3 aromatic rings. The number of hydrogen-bond donors (Lipinski definition) is 1. The molecule has 0 aliphatic rings. The first-order valence-electron chi connectivity index (χ1n) is 8.07. The summed E-state index contributed by atoms with van der Waals surface area (Å²) in [5.74, 6) is 0.549. The molecule has 0 bridgehead atoms. The SMILES string of the molecule is O=C(COc1ccccc1Cl)N/N=C\c1ccc(-c2ccccc2[N+](=O)[O-])o1. The number of nitro benzene ring substituents is 1. The van der Waals surface area contributed by atoms with Crippen molar-refractivity contribution in [2.75, 3.05) is 6.61 Å². The summed E-state index contributed by atoms with van der Waals surface area (Å²) in [5, 5.41) is 15.3. The number of para-hydroxylation sites is 2. The number of furan rings is 1. The highest BCUT2D eigenvalue weighted by Crippen LogP contribution is 2.30. The van der Waals surface area contributed by atoms with Crippen molar-refractivity contribution in [1.29, 1.82) is 0 Å². The molecule has 1 N–H and O–H groups in total. The van der Waals surface area contributed by atoms with Gasteiger partial charge in [0, 0.05) is 6.07 Å². The third kappa shape index (κ3) is 4.74. The van der Waals surface area contributed by atoms with Gasteiger partial charge in [-0.1, -0.05) is 35.9 Å². The molecule has 142 valence electrons. The summed E-state index contributed by atoms with van der Waals surface area (Å²) in [6.07, 6.45) is 1.28. The Morgan fingerprint density at radius 3 is 2.71 bits per heavy atom. The van der Waals surface area contributed by atoms with Crippen LogP contribution in [0.2, 0.25) is 5.02 Å². The zero-order valence-corrected chi connectivity index (χ0v) is 15.1. The van der Waals surface area contributed by atoms with E-state index in [1.54, 1.807) is 54.6 Å². The Balaban J connectivity index is 1.58. The van der Waals surface area contributed by atoms with Crippen LogP contribution in [0.4, 0.5) is 5.69 Å². The quantitative estimate of drug-likeness (QED) is 0.366. The lowest BCUT2D eigenvalue weighted by Crippen LogP contribution is -2.24. The average Bonchev–Trinajstić information content (AvgIpc) is 3.16. The lowest BCUT2D eigenvalue weighted by Gasteiger charge is -2.06. The van der Waals surface area contributed by atoms with E-state index in [1.807, 2.05) is 0 Å². The summed E-state index contributed by atoms with van der Waals surface area (Å²) in [6, 6.07) is 16.2. The minimum atomic E-state index is -0.485. The highest BCUT2D eigenvalue weighted by molar-refractivity contribution is 6.32. The van der Waals surface area contributed by atoms with Gasteiger partial charge in [-0.3, -0.25) is 14.9 Å². The molecule has 0 spiro atoms. The van der Waals surface area contributed by atoms with Crippen molar-refractivity contribution < 1.29 is 18.9 Å². The van der Waals surface area contributed by atoms with Crippen molar-refractivity contribution in [3.8, 4) is 17.1 Å². The maximum Gasteiger partial charge on any atom is 0.280 e. The van der Waals surface area contributed by atoms with E-state index in [4.69, 9.17) is 20.8 Å². The second-order valence-corrected chi connectivity index (χ2v) is 5.90. The number of halogens is 1. The van der Waals surface area contributed by atoms with Gasteiger partial charge in [0.2, 0.25) is 0 Å². The summed E-state index contributed by atoms with van der Waals surface area (Å²) in [4.78, 5) is 22.4. The molecule has 28 heavy (non-hydrogen) atoms. The molecule has 0 unspecified atom stereocenters. The molecule has 1 aromatic heterocycles. The van der Waals surface area contributed by atoms with Gasteiger partial charge < -0.3 is 9.15 Å². The standard InChI is InChI=1S/C19H14ClN3O5/c20-15-6-2-4-8-18(15)27-12-19(24)22-21-11-13-9-10-17(28-13)14-5-1-3-7-16(14)23(25)26/h1-11H,12H2,(H,22,24)/b21-11-. The molecule has 9 heteroatoms. The number of nitro groups is 1. The van der Waals surface area contributed by atoms with E-state index in [-0.39, 0.29) is 12.3 Å². The van der Waals surface area contributed by atoms with Gasteiger partial charge in [0.05, 0.1) is 21.7 Å². The molecule has 0 atom stereocenters. The van der Waals surface area contributed by atoms with Crippen LogP contribution < -0.4 is 10.2 Å². The number of nitrogens with zero attached hydrogens (tertiary/aromatic N) is 2. The molecular weight excluding hydrogens is 386 g/mol. The van der Waals surface area contributed by atoms with Crippen molar-refractivity contribution >= 4 is 29.4 Å². The van der Waals surface area contributed by atoms with E-state index in [1.165, 1.54) is 12.3 Å². The molecule has 1 amide bonds. The first-order chi connectivity index (χ1) is 13.5. The summed E-state index contributed by atoms with van der Waals surface area (Å²) in [6.45, 7) is -0.263. The van der Waals surface area contributed by atoms with Crippen LogP contribution in [0.1, 0.15) is 5.76 Å². The van der Waals surface area contributed by atoms with E-state index in [2.05, 4.69) is 10.5 Å². The lowest BCUT2D eigenvalue weighted by atomic mass is 10.1. The number of carbonyl (C=O) groups excluding carboxylic acids is 1. The van der Waals surface area contributed by atoms with E-state index < -0.39 is 10.8 Å². The zero-order valence-electron chi connectivity index (χ0n) is 14.4. The van der Waals surface area contributed by atoms with Crippen molar-refractivity contribution in [3.63, 3.8) is 0 Å². The number of hydrazone groups is 1. The monoisotopic (exact) mass is 399 g/mol. The smallest absolute Gasteiger partial charge is 0.280 e. The third-order valence-corrected chi connectivity index (χ3v) is 3.88. The number of nitrogens with one attached hydrogen (secondary N) is 1. The molecule has 0 radical (unpaired) electrons. The molecule has 8 nitrogen and oxygen atoms in total. The predicted octanol–water partition coefficient (Wildman–Crippen LogP) is 4.04. The topological polar surface area (TPSA) is 107 Å². The van der Waals surface area contributed by atoms with Gasteiger partial charge >= 0.3 is 0 Å². The van der Waals surface area contributed by atoms with E-state index in [0.29, 0.717) is 27.9 Å². The molecule has 1 heterocycles. The fraction of sp³-hybridized carbons (Fsp3) is 0.0526. The Bertz CT molecular complexity index is 1030. The Morgan fingerprint density at radius 1 is 1.18 bits per heavy atom. The van der Waals surface area contributed by atoms with Crippen molar-refractivity contribution in [3.05, 3.63) is 81.6 Å². The molecule has 0 saturated carbocycles. The van der Waals surface area contributed by atoms with Crippen LogP contribution in [-0.2, 0) is 4.79 Å². The van der Waals surface area contributed by atoms with Gasteiger partial charge in [-0.25, -0.2) is 5.43 Å². The van der Waals surface area contributed by atoms with Crippen LogP contribution in [0.3, 0.4) is 0 Å². The van der Waals surface area contributed by atoms with Gasteiger partial charge in [-0.15, -0.1) is 0 Å². The fourth-order valence-corrected chi connectivity index (χ4v) is 2.50. The maximum atomic E-state index is 11.8. The Hall–Kier alpha value is -3.65. The average molecular weight is 400 g/mol. The second-order valence-electron chi connectivity index (χ2n) is 5.49. The maximum absolute atomic E-state index is 11.8. The summed E-state index contributed by atoms with van der Waals surface area (Å²) in [5.41, 5.74) is 2.58. The number of carbonyl (C=O) groups is 1. The fourth-order valence-electron chi connectivity index (χ4n) is 2.31. The molecule has 0 fully saturated rings. The Labute approximate surface area is 164 Å². The number of ether oxygens (including phenoxy) is 1. The number of rotatable bonds is 7. The molecule has 3 rings (SSSR count). The van der Waals surface area contributed by atoms with Crippen molar-refractivity contribution in [2.45, 2.75) is 0 Å². The lowest BCUT2D eigenvalue weighted by molar-refractivity contribution is -0.384. The summed E-state index contributed by atoms with van der Waals surface area (Å²) in [7, 11) is 0. The van der Waals surface area contributed by atoms with Gasteiger partial charge in [-0.2, -0.15) is 5.10 Å². The van der Waals surface area contributed by atoms with Gasteiger partial charge in [0.1, 0.15) is 17.3 Å². The van der Waals surface area contributed by atoms with Gasteiger partial charge in [0.15, 0.2) is 6.61 Å². The molecular formula is C19H14ClN3O5. The molecule has 2 aromatic carbocycles. The van der Waals surface area contributed by atoms with Crippen LogP contribution >= 0.6 is 11.6 Å². The predicted molar refractivity (Wildman–Crippen MR) is 103 cm³/mol. The number of hydrogen-bond acceptors (Lipinski definition) is 6. The molecule has 0 aliphatic carbocycles. The van der Waals surface area contributed by atoms with Crippen LogP contribution in [0, 0.1) is 10.1 Å². The number of benzene rings is 2.